The number of carbonyl (C=O) groups excluding carboxylic acids is 2. The summed E-state index contributed by atoms with van der Waals surface area (Å²) in [4.78, 5) is 23.1. The van der Waals surface area contributed by atoms with Crippen molar-refractivity contribution in [3.8, 4) is 0 Å². The molecule has 1 aromatic heterocycles. The molecule has 0 atom stereocenters. The number of amides is 1. The van der Waals surface area contributed by atoms with Crippen molar-refractivity contribution in [1.29, 1.82) is 0 Å². The minimum atomic E-state index is -0.167. The Balaban J connectivity index is 2.01. The SMILES string of the molecule is CC(=O)c1ccc(NC(=O)Cn2ncc(Br)c2C)cc1. The largest absolute Gasteiger partial charge is 0.324 e. The Kier molecular flexibility index (Phi) is 4.34. The zero-order valence-corrected chi connectivity index (χ0v) is 12.8. The Hall–Kier alpha value is -1.95. The molecule has 0 radical (unpaired) electrons. The average molecular weight is 336 g/mol. The number of nitrogens with one attached hydrogen (secondary N) is 1. The van der Waals surface area contributed by atoms with Crippen LogP contribution in [0, 0.1) is 6.92 Å². The molecule has 104 valence electrons. The number of halogens is 1. The minimum absolute atomic E-state index is 0.0000994. The highest BCUT2D eigenvalue weighted by molar-refractivity contribution is 9.10. The first-order valence-corrected chi connectivity index (χ1v) is 6.85. The lowest BCUT2D eigenvalue weighted by Gasteiger charge is -2.07. The molecule has 2 rings (SSSR count). The van der Waals surface area contributed by atoms with Crippen LogP contribution in [-0.2, 0) is 11.3 Å². The zero-order valence-electron chi connectivity index (χ0n) is 11.2. The Morgan fingerprint density at radius 2 is 1.95 bits per heavy atom. The van der Waals surface area contributed by atoms with E-state index in [1.54, 1.807) is 35.1 Å². The van der Waals surface area contributed by atoms with Gasteiger partial charge in [0.25, 0.3) is 0 Å². The van der Waals surface area contributed by atoms with Gasteiger partial charge >= 0.3 is 0 Å². The number of Topliss-reactive ketones (excluding diaryl/α,β-unsaturated/α-hetero) is 1. The van der Waals surface area contributed by atoms with Gasteiger partial charge in [-0.2, -0.15) is 5.10 Å². The van der Waals surface area contributed by atoms with Gasteiger partial charge in [-0.3, -0.25) is 14.3 Å². The molecule has 0 bridgehead atoms. The van der Waals surface area contributed by atoms with E-state index in [4.69, 9.17) is 0 Å². The van der Waals surface area contributed by atoms with E-state index in [0.717, 1.165) is 10.2 Å². The highest BCUT2D eigenvalue weighted by Gasteiger charge is 2.09. The maximum Gasteiger partial charge on any atom is 0.246 e. The van der Waals surface area contributed by atoms with Gasteiger partial charge < -0.3 is 5.32 Å². The summed E-state index contributed by atoms with van der Waals surface area (Å²) in [5, 5.41) is 6.87. The van der Waals surface area contributed by atoms with Gasteiger partial charge in [0, 0.05) is 11.3 Å². The molecule has 1 heterocycles. The summed E-state index contributed by atoms with van der Waals surface area (Å²) in [6.07, 6.45) is 1.66. The molecule has 0 spiro atoms. The second kappa shape index (κ2) is 6.00. The second-order valence-electron chi connectivity index (χ2n) is 4.42. The lowest BCUT2D eigenvalue weighted by atomic mass is 10.1. The van der Waals surface area contributed by atoms with Crippen molar-refractivity contribution in [3.05, 3.63) is 46.2 Å². The van der Waals surface area contributed by atoms with E-state index in [1.165, 1.54) is 6.92 Å². The lowest BCUT2D eigenvalue weighted by molar-refractivity contribution is -0.116. The van der Waals surface area contributed by atoms with Gasteiger partial charge in [-0.1, -0.05) is 0 Å². The van der Waals surface area contributed by atoms with Gasteiger partial charge in [0.05, 0.1) is 16.4 Å². The van der Waals surface area contributed by atoms with Gasteiger partial charge in [0.1, 0.15) is 6.54 Å². The predicted octanol–water partition coefficient (Wildman–Crippen LogP) is 2.80. The molecule has 0 saturated heterocycles. The number of hydrogen-bond donors (Lipinski definition) is 1. The van der Waals surface area contributed by atoms with E-state index in [2.05, 4.69) is 26.3 Å². The van der Waals surface area contributed by atoms with E-state index in [-0.39, 0.29) is 18.2 Å². The predicted molar refractivity (Wildman–Crippen MR) is 79.7 cm³/mol. The van der Waals surface area contributed by atoms with E-state index in [1.807, 2.05) is 6.92 Å². The summed E-state index contributed by atoms with van der Waals surface area (Å²) in [5.74, 6) is -0.167. The number of anilines is 1. The third kappa shape index (κ3) is 3.33. The summed E-state index contributed by atoms with van der Waals surface area (Å²) in [7, 11) is 0. The standard InChI is InChI=1S/C14H14BrN3O2/c1-9-13(15)7-16-18(9)8-14(20)17-12-5-3-11(4-6-12)10(2)19/h3-7H,8H2,1-2H3,(H,17,20). The number of carbonyl (C=O) groups is 2. The summed E-state index contributed by atoms with van der Waals surface area (Å²) >= 11 is 3.35. The van der Waals surface area contributed by atoms with Gasteiger partial charge in [-0.05, 0) is 54.0 Å². The quantitative estimate of drug-likeness (QED) is 0.874. The van der Waals surface area contributed by atoms with E-state index in [0.29, 0.717) is 11.3 Å². The third-order valence-electron chi connectivity index (χ3n) is 2.91. The molecule has 1 amide bonds. The van der Waals surface area contributed by atoms with Crippen LogP contribution in [0.1, 0.15) is 23.0 Å². The fourth-order valence-electron chi connectivity index (χ4n) is 1.71. The molecule has 0 unspecified atom stereocenters. The van der Waals surface area contributed by atoms with Crippen LogP contribution in [0.15, 0.2) is 34.9 Å². The molecule has 20 heavy (non-hydrogen) atoms. The first kappa shape index (κ1) is 14.5. The Labute approximate surface area is 125 Å². The molecular weight excluding hydrogens is 322 g/mol. The van der Waals surface area contributed by atoms with Crippen molar-refractivity contribution >= 4 is 33.3 Å². The summed E-state index contributed by atoms with van der Waals surface area (Å²) in [6, 6.07) is 6.79. The van der Waals surface area contributed by atoms with Gasteiger partial charge in [0.15, 0.2) is 5.78 Å². The number of aromatic nitrogens is 2. The van der Waals surface area contributed by atoms with Gasteiger partial charge in [-0.25, -0.2) is 0 Å². The smallest absolute Gasteiger partial charge is 0.246 e. The van der Waals surface area contributed by atoms with E-state index < -0.39 is 0 Å². The first-order valence-electron chi connectivity index (χ1n) is 6.06. The molecule has 0 saturated carbocycles. The number of benzene rings is 1. The molecule has 5 nitrogen and oxygen atoms in total. The zero-order chi connectivity index (χ0) is 14.7. The maximum atomic E-state index is 11.9. The Morgan fingerprint density at radius 1 is 1.30 bits per heavy atom. The molecule has 0 aliphatic rings. The molecule has 1 N–H and O–H groups in total. The summed E-state index contributed by atoms with van der Waals surface area (Å²) in [6.45, 7) is 3.53. The molecule has 0 fully saturated rings. The van der Waals surface area contributed by atoms with Crippen LogP contribution >= 0.6 is 15.9 Å². The summed E-state index contributed by atoms with van der Waals surface area (Å²) in [5.41, 5.74) is 2.17. The molecule has 0 aliphatic heterocycles. The van der Waals surface area contributed by atoms with Crippen molar-refractivity contribution in [3.63, 3.8) is 0 Å². The van der Waals surface area contributed by atoms with Crippen LogP contribution in [0.5, 0.6) is 0 Å². The van der Waals surface area contributed by atoms with Crippen molar-refractivity contribution < 1.29 is 9.59 Å². The number of rotatable bonds is 4. The van der Waals surface area contributed by atoms with E-state index in [9.17, 15) is 9.59 Å². The highest BCUT2D eigenvalue weighted by atomic mass is 79.9. The molecule has 1 aromatic carbocycles. The topological polar surface area (TPSA) is 64.0 Å². The lowest BCUT2D eigenvalue weighted by Crippen LogP contribution is -2.20. The average Bonchev–Trinajstić information content (AvgIpc) is 2.71. The number of nitrogens with zero attached hydrogens (tertiary/aromatic N) is 2. The van der Waals surface area contributed by atoms with Crippen LogP contribution < -0.4 is 5.32 Å². The van der Waals surface area contributed by atoms with Crippen molar-refractivity contribution in [2.75, 3.05) is 5.32 Å². The first-order chi connectivity index (χ1) is 9.47. The van der Waals surface area contributed by atoms with Crippen LogP contribution in [0.25, 0.3) is 0 Å². The minimum Gasteiger partial charge on any atom is -0.324 e. The maximum absolute atomic E-state index is 11.9. The van der Waals surface area contributed by atoms with Gasteiger partial charge in [0.2, 0.25) is 5.91 Å². The molecule has 0 aliphatic carbocycles. The monoisotopic (exact) mass is 335 g/mol. The molecule has 2 aromatic rings. The second-order valence-corrected chi connectivity index (χ2v) is 5.27. The fraction of sp³-hybridized carbons (Fsp3) is 0.214. The molecule has 6 heteroatoms. The van der Waals surface area contributed by atoms with E-state index >= 15 is 0 Å². The number of ketones is 1. The van der Waals surface area contributed by atoms with Crippen molar-refractivity contribution in [2.45, 2.75) is 20.4 Å². The van der Waals surface area contributed by atoms with Crippen LogP contribution in [-0.4, -0.2) is 21.5 Å². The Bertz CT molecular complexity index is 647. The van der Waals surface area contributed by atoms with Crippen LogP contribution in [0.4, 0.5) is 5.69 Å². The number of hydrogen-bond acceptors (Lipinski definition) is 3. The summed E-state index contributed by atoms with van der Waals surface area (Å²) < 4.78 is 2.49. The fourth-order valence-corrected chi connectivity index (χ4v) is 2.00. The highest BCUT2D eigenvalue weighted by Crippen LogP contribution is 2.14. The van der Waals surface area contributed by atoms with Crippen molar-refractivity contribution in [1.82, 2.24) is 9.78 Å². The van der Waals surface area contributed by atoms with Crippen LogP contribution in [0.2, 0.25) is 0 Å². The van der Waals surface area contributed by atoms with Crippen LogP contribution in [0.3, 0.4) is 0 Å². The molecular formula is C14H14BrN3O2. The third-order valence-corrected chi connectivity index (χ3v) is 3.69. The van der Waals surface area contributed by atoms with Crippen molar-refractivity contribution in [2.24, 2.45) is 0 Å². The van der Waals surface area contributed by atoms with Gasteiger partial charge in [-0.15, -0.1) is 0 Å². The normalized spacial score (nSPS) is 10.3. The Morgan fingerprint density at radius 3 is 2.45 bits per heavy atom.